The van der Waals surface area contributed by atoms with Gasteiger partial charge in [0, 0.05) is 6.42 Å². The lowest BCUT2D eigenvalue weighted by Crippen LogP contribution is -2.54. The molecule has 0 aliphatic carbocycles. The SMILES string of the molecule is COC(=O)[C@H](Cc1ccccc1)N1Cc2cnnn2C[C@H](NC(=O)OC(C)(C)C)C1=O. The third kappa shape index (κ3) is 5.59. The standard InChI is InChI=1S/C21H27N5O5/c1-21(2,3)31-20(29)23-16-13-26-15(11-22-24-26)12-25(18(16)27)17(19(28)30-4)10-14-8-6-5-7-9-14/h5-9,11,16-17H,10,12-13H2,1-4H3,(H,23,29)/t16-,17-/m0/s1. The minimum Gasteiger partial charge on any atom is -0.467 e. The molecule has 0 fully saturated rings. The van der Waals surface area contributed by atoms with Gasteiger partial charge in [-0.1, -0.05) is 35.5 Å². The molecule has 2 amide bonds. The van der Waals surface area contributed by atoms with E-state index in [0.717, 1.165) is 5.56 Å². The molecule has 0 unspecified atom stereocenters. The van der Waals surface area contributed by atoms with Crippen molar-refractivity contribution in [1.82, 2.24) is 25.2 Å². The monoisotopic (exact) mass is 429 g/mol. The smallest absolute Gasteiger partial charge is 0.408 e. The van der Waals surface area contributed by atoms with Crippen molar-refractivity contribution in [3.05, 3.63) is 47.8 Å². The van der Waals surface area contributed by atoms with Gasteiger partial charge in [-0.25, -0.2) is 14.3 Å². The second kappa shape index (κ2) is 9.15. The van der Waals surface area contributed by atoms with Gasteiger partial charge >= 0.3 is 12.1 Å². The number of rotatable bonds is 5. The second-order valence-corrected chi connectivity index (χ2v) is 8.30. The van der Waals surface area contributed by atoms with Gasteiger partial charge in [-0.2, -0.15) is 0 Å². The van der Waals surface area contributed by atoms with Gasteiger partial charge in [-0.15, -0.1) is 5.10 Å². The van der Waals surface area contributed by atoms with Crippen LogP contribution in [0.2, 0.25) is 0 Å². The first kappa shape index (κ1) is 22.3. The van der Waals surface area contributed by atoms with Gasteiger partial charge in [-0.05, 0) is 26.3 Å². The molecule has 1 N–H and O–H groups in total. The number of methoxy groups -OCH3 is 1. The van der Waals surface area contributed by atoms with Crippen LogP contribution < -0.4 is 5.32 Å². The lowest BCUT2D eigenvalue weighted by Gasteiger charge is -2.31. The van der Waals surface area contributed by atoms with Crippen LogP contribution in [-0.4, -0.2) is 62.7 Å². The van der Waals surface area contributed by atoms with Crippen molar-refractivity contribution in [2.24, 2.45) is 0 Å². The first-order chi connectivity index (χ1) is 14.7. The maximum Gasteiger partial charge on any atom is 0.408 e. The summed E-state index contributed by atoms with van der Waals surface area (Å²) < 4.78 is 11.8. The molecule has 1 aromatic heterocycles. The minimum absolute atomic E-state index is 0.0726. The number of alkyl carbamates (subject to hydrolysis) is 1. The van der Waals surface area contributed by atoms with E-state index in [9.17, 15) is 14.4 Å². The van der Waals surface area contributed by atoms with Crippen molar-refractivity contribution in [2.75, 3.05) is 7.11 Å². The lowest BCUT2D eigenvalue weighted by molar-refractivity contribution is -0.154. The molecule has 2 atom stereocenters. The maximum absolute atomic E-state index is 13.5. The molecule has 0 bridgehead atoms. The van der Waals surface area contributed by atoms with Gasteiger partial charge in [-0.3, -0.25) is 4.79 Å². The Balaban J connectivity index is 1.91. The molecule has 2 heterocycles. The molecule has 0 saturated heterocycles. The zero-order valence-corrected chi connectivity index (χ0v) is 18.1. The molecule has 0 saturated carbocycles. The number of carbonyl (C=O) groups excluding carboxylic acids is 3. The predicted octanol–water partition coefficient (Wildman–Crippen LogP) is 1.30. The minimum atomic E-state index is -0.985. The van der Waals surface area contributed by atoms with Crippen LogP contribution in [0.1, 0.15) is 32.0 Å². The van der Waals surface area contributed by atoms with E-state index in [1.54, 1.807) is 20.8 Å². The number of hydrogen-bond acceptors (Lipinski definition) is 7. The number of nitrogens with one attached hydrogen (secondary N) is 1. The summed E-state index contributed by atoms with van der Waals surface area (Å²) in [7, 11) is 1.28. The highest BCUT2D eigenvalue weighted by Crippen LogP contribution is 2.19. The second-order valence-electron chi connectivity index (χ2n) is 8.30. The molecule has 10 heteroatoms. The Bertz CT molecular complexity index is 937. The Morgan fingerprint density at radius 3 is 2.61 bits per heavy atom. The van der Waals surface area contributed by atoms with E-state index < -0.39 is 35.7 Å². The molecule has 1 aliphatic heterocycles. The molecule has 2 aromatic rings. The predicted molar refractivity (Wildman–Crippen MR) is 110 cm³/mol. The van der Waals surface area contributed by atoms with E-state index in [2.05, 4.69) is 15.6 Å². The van der Waals surface area contributed by atoms with E-state index in [0.29, 0.717) is 5.69 Å². The van der Waals surface area contributed by atoms with Gasteiger partial charge in [0.1, 0.15) is 17.7 Å². The fourth-order valence-electron chi connectivity index (χ4n) is 3.37. The van der Waals surface area contributed by atoms with Crippen molar-refractivity contribution in [3.8, 4) is 0 Å². The Labute approximate surface area is 180 Å². The summed E-state index contributed by atoms with van der Waals surface area (Å²) in [6.45, 7) is 5.37. The Morgan fingerprint density at radius 2 is 1.97 bits per heavy atom. The summed E-state index contributed by atoms with van der Waals surface area (Å²) in [5, 5.41) is 10.5. The molecule has 1 aromatic carbocycles. The molecular formula is C21H27N5O5. The quantitative estimate of drug-likeness (QED) is 0.712. The van der Waals surface area contributed by atoms with Crippen molar-refractivity contribution in [1.29, 1.82) is 0 Å². The van der Waals surface area contributed by atoms with Crippen LogP contribution in [0.15, 0.2) is 36.5 Å². The number of benzene rings is 1. The number of amides is 2. The van der Waals surface area contributed by atoms with Gasteiger partial charge in [0.2, 0.25) is 5.91 Å². The number of carbonyl (C=O) groups is 3. The molecule has 3 rings (SSSR count). The molecule has 0 radical (unpaired) electrons. The fraction of sp³-hybridized carbons (Fsp3) is 0.476. The van der Waals surface area contributed by atoms with Gasteiger partial charge < -0.3 is 19.7 Å². The van der Waals surface area contributed by atoms with E-state index in [1.165, 1.54) is 22.9 Å². The first-order valence-corrected chi connectivity index (χ1v) is 9.97. The fourth-order valence-corrected chi connectivity index (χ4v) is 3.37. The molecule has 10 nitrogen and oxygen atoms in total. The average molecular weight is 429 g/mol. The summed E-state index contributed by atoms with van der Waals surface area (Å²) >= 11 is 0. The molecule has 31 heavy (non-hydrogen) atoms. The van der Waals surface area contributed by atoms with Crippen molar-refractivity contribution in [2.45, 2.75) is 58.0 Å². The van der Waals surface area contributed by atoms with Crippen molar-refractivity contribution in [3.63, 3.8) is 0 Å². The summed E-state index contributed by atoms with van der Waals surface area (Å²) in [4.78, 5) is 39.9. The summed E-state index contributed by atoms with van der Waals surface area (Å²) in [6, 6.07) is 7.48. The van der Waals surface area contributed by atoms with Crippen LogP contribution in [0, 0.1) is 0 Å². The lowest BCUT2D eigenvalue weighted by atomic mass is 10.0. The maximum atomic E-state index is 13.5. The third-order valence-electron chi connectivity index (χ3n) is 4.78. The zero-order valence-electron chi connectivity index (χ0n) is 18.1. The summed E-state index contributed by atoms with van der Waals surface area (Å²) in [5.41, 5.74) is 0.791. The van der Waals surface area contributed by atoms with Crippen molar-refractivity contribution < 1.29 is 23.9 Å². The molecular weight excluding hydrogens is 402 g/mol. The molecule has 0 spiro atoms. The van der Waals surface area contributed by atoms with Crippen molar-refractivity contribution >= 4 is 18.0 Å². The number of esters is 1. The highest BCUT2D eigenvalue weighted by atomic mass is 16.6. The van der Waals surface area contributed by atoms with Crippen LogP contribution in [-0.2, 0) is 38.6 Å². The summed E-state index contributed by atoms with van der Waals surface area (Å²) in [5.74, 6) is -0.975. The number of aromatic nitrogens is 3. The Morgan fingerprint density at radius 1 is 1.26 bits per heavy atom. The number of hydrogen-bond donors (Lipinski definition) is 1. The Hall–Kier alpha value is -3.43. The van der Waals surface area contributed by atoms with Gasteiger partial charge in [0.25, 0.3) is 0 Å². The van der Waals surface area contributed by atoms with E-state index in [4.69, 9.17) is 9.47 Å². The number of fused-ring (bicyclic) bond motifs is 1. The van der Waals surface area contributed by atoms with Crippen LogP contribution >= 0.6 is 0 Å². The molecule has 1 aliphatic rings. The Kier molecular flexibility index (Phi) is 6.57. The van der Waals surface area contributed by atoms with E-state index >= 15 is 0 Å². The average Bonchev–Trinajstić information content (AvgIpc) is 3.10. The third-order valence-corrected chi connectivity index (χ3v) is 4.78. The van der Waals surface area contributed by atoms with Crippen LogP contribution in [0.25, 0.3) is 0 Å². The first-order valence-electron chi connectivity index (χ1n) is 9.97. The largest absolute Gasteiger partial charge is 0.467 e. The van der Waals surface area contributed by atoms with E-state index in [-0.39, 0.29) is 19.5 Å². The number of ether oxygens (including phenoxy) is 2. The van der Waals surface area contributed by atoms with Crippen LogP contribution in [0.5, 0.6) is 0 Å². The zero-order chi connectivity index (χ0) is 22.6. The number of nitrogens with zero attached hydrogens (tertiary/aromatic N) is 4. The van der Waals surface area contributed by atoms with Crippen LogP contribution in [0.4, 0.5) is 4.79 Å². The highest BCUT2D eigenvalue weighted by molar-refractivity contribution is 5.90. The van der Waals surface area contributed by atoms with Gasteiger partial charge in [0.15, 0.2) is 0 Å². The highest BCUT2D eigenvalue weighted by Gasteiger charge is 2.39. The normalized spacial score (nSPS) is 17.4. The molecule has 166 valence electrons. The van der Waals surface area contributed by atoms with E-state index in [1.807, 2.05) is 30.3 Å². The van der Waals surface area contributed by atoms with Gasteiger partial charge in [0.05, 0.1) is 32.1 Å². The van der Waals surface area contributed by atoms with Crippen LogP contribution in [0.3, 0.4) is 0 Å². The topological polar surface area (TPSA) is 116 Å². The summed E-state index contributed by atoms with van der Waals surface area (Å²) in [6.07, 6.45) is 1.07.